The molecule has 0 heterocycles. The van der Waals surface area contributed by atoms with Crippen LogP contribution >= 0.6 is 12.2 Å². The highest BCUT2D eigenvalue weighted by Crippen LogP contribution is 2.17. The molecule has 0 radical (unpaired) electrons. The first-order chi connectivity index (χ1) is 7.72. The van der Waals surface area contributed by atoms with Crippen LogP contribution in [-0.4, -0.2) is 43.9 Å². The fourth-order valence-corrected chi connectivity index (χ4v) is 1.32. The molecule has 1 aliphatic carbocycles. The Balaban J connectivity index is 1.94. The average molecular weight is 245 g/mol. The third-order valence-corrected chi connectivity index (χ3v) is 2.45. The Hall–Kier alpha value is -0.880. The van der Waals surface area contributed by atoms with Crippen LogP contribution in [0.1, 0.15) is 19.3 Å². The number of nitrogens with one attached hydrogen (secondary N) is 3. The van der Waals surface area contributed by atoms with E-state index in [0.29, 0.717) is 17.8 Å². The van der Waals surface area contributed by atoms with E-state index in [2.05, 4.69) is 16.0 Å². The monoisotopic (exact) mass is 245 g/mol. The molecule has 3 N–H and O–H groups in total. The van der Waals surface area contributed by atoms with E-state index in [-0.39, 0.29) is 12.5 Å². The normalized spacial score (nSPS) is 14.3. The molecule has 0 aliphatic heterocycles. The lowest BCUT2D eigenvalue weighted by molar-refractivity contribution is -0.120. The highest BCUT2D eigenvalue weighted by atomic mass is 32.1. The molecule has 0 aromatic carbocycles. The molecular weight excluding hydrogens is 226 g/mol. The Kier molecular flexibility index (Phi) is 6.10. The van der Waals surface area contributed by atoms with Crippen LogP contribution in [0.4, 0.5) is 0 Å². The van der Waals surface area contributed by atoms with Crippen LogP contribution in [0.2, 0.25) is 0 Å². The van der Waals surface area contributed by atoms with Gasteiger partial charge in [0.2, 0.25) is 5.91 Å². The minimum atomic E-state index is 0.00328. The molecule has 0 spiro atoms. The van der Waals surface area contributed by atoms with Crippen molar-refractivity contribution in [2.45, 2.75) is 25.3 Å². The fourth-order valence-electron chi connectivity index (χ4n) is 1.15. The van der Waals surface area contributed by atoms with Crippen LogP contribution in [0.5, 0.6) is 0 Å². The van der Waals surface area contributed by atoms with E-state index in [4.69, 9.17) is 17.0 Å². The number of hydrogen-bond donors (Lipinski definition) is 3. The molecule has 16 heavy (non-hydrogen) atoms. The molecule has 0 atom stereocenters. The van der Waals surface area contributed by atoms with Crippen molar-refractivity contribution in [1.29, 1.82) is 0 Å². The molecule has 0 unspecified atom stereocenters. The standard InChI is InChI=1S/C10H19N3O2S/c1-15-6-2-5-11-10(16)12-7-9(14)13-8-3-4-8/h8H,2-7H2,1H3,(H,13,14)(H2,11,12,16). The van der Waals surface area contributed by atoms with Crippen molar-refractivity contribution in [3.8, 4) is 0 Å². The molecule has 92 valence electrons. The number of rotatable bonds is 7. The van der Waals surface area contributed by atoms with Crippen LogP contribution in [0, 0.1) is 0 Å². The van der Waals surface area contributed by atoms with E-state index in [1.807, 2.05) is 0 Å². The minimum Gasteiger partial charge on any atom is -0.385 e. The summed E-state index contributed by atoms with van der Waals surface area (Å²) in [6.45, 7) is 1.70. The first-order valence-corrected chi connectivity index (χ1v) is 5.93. The van der Waals surface area contributed by atoms with Gasteiger partial charge in [0.15, 0.2) is 5.11 Å². The number of amides is 1. The lowest BCUT2D eigenvalue weighted by atomic mass is 10.4. The van der Waals surface area contributed by atoms with Gasteiger partial charge in [-0.1, -0.05) is 0 Å². The maximum Gasteiger partial charge on any atom is 0.239 e. The van der Waals surface area contributed by atoms with Gasteiger partial charge >= 0.3 is 0 Å². The number of ether oxygens (including phenoxy) is 1. The molecule has 0 aromatic heterocycles. The van der Waals surface area contributed by atoms with Crippen molar-refractivity contribution in [2.24, 2.45) is 0 Å². The van der Waals surface area contributed by atoms with E-state index >= 15 is 0 Å². The maximum atomic E-state index is 11.3. The largest absolute Gasteiger partial charge is 0.385 e. The van der Waals surface area contributed by atoms with E-state index in [0.717, 1.165) is 25.8 Å². The molecule has 1 aliphatic rings. The lowest BCUT2D eigenvalue weighted by Crippen LogP contribution is -2.42. The van der Waals surface area contributed by atoms with Gasteiger partial charge in [0.25, 0.3) is 0 Å². The summed E-state index contributed by atoms with van der Waals surface area (Å²) in [5, 5.41) is 9.25. The summed E-state index contributed by atoms with van der Waals surface area (Å²) in [6, 6.07) is 0.400. The molecule has 1 amide bonds. The quantitative estimate of drug-likeness (QED) is 0.427. The van der Waals surface area contributed by atoms with Gasteiger partial charge in [-0.15, -0.1) is 0 Å². The lowest BCUT2D eigenvalue weighted by Gasteiger charge is -2.10. The minimum absolute atomic E-state index is 0.00328. The maximum absolute atomic E-state index is 11.3. The second kappa shape index (κ2) is 7.40. The number of carbonyl (C=O) groups is 1. The van der Waals surface area contributed by atoms with Gasteiger partial charge in [-0.25, -0.2) is 0 Å². The predicted molar refractivity (Wildman–Crippen MR) is 66.3 cm³/mol. The van der Waals surface area contributed by atoms with Crippen molar-refractivity contribution < 1.29 is 9.53 Å². The molecule has 0 aromatic rings. The first kappa shape index (κ1) is 13.2. The van der Waals surface area contributed by atoms with Crippen molar-refractivity contribution in [3.05, 3.63) is 0 Å². The van der Waals surface area contributed by atoms with Crippen LogP contribution in [-0.2, 0) is 9.53 Å². The Morgan fingerprint density at radius 3 is 2.81 bits per heavy atom. The van der Waals surface area contributed by atoms with Crippen LogP contribution in [0.3, 0.4) is 0 Å². The third-order valence-electron chi connectivity index (χ3n) is 2.16. The predicted octanol–water partition coefficient (Wildman–Crippen LogP) is -0.234. The van der Waals surface area contributed by atoms with Gasteiger partial charge in [-0.2, -0.15) is 0 Å². The van der Waals surface area contributed by atoms with Gasteiger partial charge in [-0.3, -0.25) is 4.79 Å². The SMILES string of the molecule is COCCCNC(=S)NCC(=O)NC1CC1. The Bertz CT molecular complexity index is 244. The molecular formula is C10H19N3O2S. The highest BCUT2D eigenvalue weighted by molar-refractivity contribution is 7.80. The number of thiocarbonyl (C=S) groups is 1. The summed E-state index contributed by atoms with van der Waals surface area (Å²) in [6.07, 6.45) is 3.10. The number of hydrogen-bond acceptors (Lipinski definition) is 3. The van der Waals surface area contributed by atoms with Crippen LogP contribution in [0.15, 0.2) is 0 Å². The van der Waals surface area contributed by atoms with E-state index in [1.54, 1.807) is 7.11 Å². The summed E-state index contributed by atoms with van der Waals surface area (Å²) in [7, 11) is 1.67. The summed E-state index contributed by atoms with van der Waals surface area (Å²) in [5.74, 6) is 0.00328. The zero-order valence-electron chi connectivity index (χ0n) is 9.54. The van der Waals surface area contributed by atoms with Gasteiger partial charge in [0.05, 0.1) is 6.54 Å². The van der Waals surface area contributed by atoms with Crippen molar-refractivity contribution in [2.75, 3.05) is 26.8 Å². The molecule has 6 heteroatoms. The van der Waals surface area contributed by atoms with Crippen LogP contribution < -0.4 is 16.0 Å². The van der Waals surface area contributed by atoms with Gasteiger partial charge in [0.1, 0.15) is 0 Å². The zero-order chi connectivity index (χ0) is 11.8. The Labute approximate surface area is 101 Å². The van der Waals surface area contributed by atoms with Crippen molar-refractivity contribution >= 4 is 23.2 Å². The van der Waals surface area contributed by atoms with Crippen LogP contribution in [0.25, 0.3) is 0 Å². The zero-order valence-corrected chi connectivity index (χ0v) is 10.4. The van der Waals surface area contributed by atoms with Gasteiger partial charge in [0, 0.05) is 26.3 Å². The first-order valence-electron chi connectivity index (χ1n) is 5.52. The second-order valence-corrected chi connectivity index (χ2v) is 4.21. The number of methoxy groups -OCH3 is 1. The van der Waals surface area contributed by atoms with E-state index in [9.17, 15) is 4.79 Å². The molecule has 5 nitrogen and oxygen atoms in total. The Morgan fingerprint density at radius 2 is 2.19 bits per heavy atom. The smallest absolute Gasteiger partial charge is 0.239 e. The third kappa shape index (κ3) is 6.58. The summed E-state index contributed by atoms with van der Waals surface area (Å²) >= 11 is 5.01. The van der Waals surface area contributed by atoms with E-state index in [1.165, 1.54) is 0 Å². The Morgan fingerprint density at radius 1 is 1.44 bits per heavy atom. The fraction of sp³-hybridized carbons (Fsp3) is 0.800. The number of carbonyl (C=O) groups excluding carboxylic acids is 1. The average Bonchev–Trinajstić information content (AvgIpc) is 3.05. The summed E-state index contributed by atoms with van der Waals surface area (Å²) in [5.41, 5.74) is 0. The van der Waals surface area contributed by atoms with Crippen molar-refractivity contribution in [1.82, 2.24) is 16.0 Å². The topological polar surface area (TPSA) is 62.4 Å². The highest BCUT2D eigenvalue weighted by Gasteiger charge is 2.22. The van der Waals surface area contributed by atoms with Crippen molar-refractivity contribution in [3.63, 3.8) is 0 Å². The molecule has 1 rings (SSSR count). The molecule has 1 fully saturated rings. The van der Waals surface area contributed by atoms with Gasteiger partial charge in [-0.05, 0) is 31.5 Å². The van der Waals surface area contributed by atoms with Gasteiger partial charge < -0.3 is 20.7 Å². The second-order valence-electron chi connectivity index (χ2n) is 3.80. The molecule has 0 saturated heterocycles. The summed E-state index contributed by atoms with van der Waals surface area (Å²) < 4.78 is 4.90. The van der Waals surface area contributed by atoms with E-state index < -0.39 is 0 Å². The summed E-state index contributed by atoms with van der Waals surface area (Å²) in [4.78, 5) is 11.3. The molecule has 1 saturated carbocycles. The molecule has 0 bridgehead atoms.